The van der Waals surface area contributed by atoms with Gasteiger partial charge in [0.05, 0.1) is 0 Å². The van der Waals surface area contributed by atoms with Crippen molar-refractivity contribution in [2.24, 2.45) is 0 Å². The normalized spacial score (nSPS) is 8.29. The van der Waals surface area contributed by atoms with Crippen LogP contribution < -0.4 is 101 Å². The molecule has 0 aliphatic rings. The largest absolute Gasteiger partial charge is 1.00 e. The average molecular weight is 315 g/mol. The van der Waals surface area contributed by atoms with Crippen molar-refractivity contribution in [1.82, 2.24) is 0 Å². The topological polar surface area (TPSA) is 138 Å². The first kappa shape index (κ1) is 36.0. The summed E-state index contributed by atoms with van der Waals surface area (Å²) in [4.78, 5) is 0. The number of halogens is 1. The number of hydrogen-bond acceptors (Lipinski definition) is 6. The van der Waals surface area contributed by atoms with Gasteiger partial charge in [-0.25, -0.2) is 0 Å². The third kappa shape index (κ3) is 271. The van der Waals surface area contributed by atoms with Crippen LogP contribution in [-0.2, 0) is 30.6 Å². The summed E-state index contributed by atoms with van der Waals surface area (Å²) >= 11 is 3.24. The Hall–Kier alpha value is 3.45. The van der Waals surface area contributed by atoms with Gasteiger partial charge in [0.15, 0.2) is 0 Å². The molecule has 0 aromatic rings. The van der Waals surface area contributed by atoms with Crippen molar-refractivity contribution in [3.63, 3.8) is 0 Å². The van der Waals surface area contributed by atoms with Gasteiger partial charge in [0.2, 0.25) is 0 Å². The summed E-state index contributed by atoms with van der Waals surface area (Å²) in [6.45, 7) is 0. The molecule has 0 aliphatic heterocycles. The molecular formula is H2ClNa3O7S3. The molecule has 0 saturated heterocycles. The quantitative estimate of drug-likeness (QED) is 0.332. The summed E-state index contributed by atoms with van der Waals surface area (Å²) in [5.41, 5.74) is 0. The van der Waals surface area contributed by atoms with Crippen molar-refractivity contribution in [1.29, 1.82) is 0 Å². The van der Waals surface area contributed by atoms with Gasteiger partial charge < -0.3 is 21.5 Å². The third-order valence-corrected chi connectivity index (χ3v) is 0. The zero-order chi connectivity index (χ0) is 9.00. The molecule has 0 amide bonds. The van der Waals surface area contributed by atoms with Crippen molar-refractivity contribution in [3.8, 4) is 0 Å². The summed E-state index contributed by atoms with van der Waals surface area (Å²) in [6.07, 6.45) is 0. The number of hydrogen-bond donors (Lipinski definition) is 2. The summed E-state index contributed by atoms with van der Waals surface area (Å²) in [5, 5.41) is 0. The minimum atomic E-state index is -4.67. The Kier molecular flexibility index (Phi) is 42.3. The second-order valence-electron chi connectivity index (χ2n) is 0.856. The van der Waals surface area contributed by atoms with Crippen LogP contribution in [0.15, 0.2) is 0 Å². The van der Waals surface area contributed by atoms with E-state index in [1.165, 1.54) is 0 Å². The van der Waals surface area contributed by atoms with Gasteiger partial charge in [-0.05, 0) is 11.2 Å². The molecule has 72 valence electrons. The minimum absolute atomic E-state index is 0. The molecular weight excluding hydrogens is 313 g/mol. The van der Waals surface area contributed by atoms with Crippen LogP contribution in [0.3, 0.4) is 0 Å². The van der Waals surface area contributed by atoms with Crippen LogP contribution in [0.4, 0.5) is 0 Å². The fourth-order valence-electron chi connectivity index (χ4n) is 0. The van der Waals surface area contributed by atoms with E-state index in [1.807, 2.05) is 0 Å². The van der Waals surface area contributed by atoms with Crippen molar-refractivity contribution < 1.29 is 132 Å². The van der Waals surface area contributed by atoms with E-state index in [2.05, 4.69) is 11.2 Å². The van der Waals surface area contributed by atoms with Gasteiger partial charge >= 0.3 is 99.1 Å². The van der Waals surface area contributed by atoms with Gasteiger partial charge in [-0.3, -0.25) is 13.3 Å². The molecule has 0 rings (SSSR count). The molecule has 0 fully saturated rings. The van der Waals surface area contributed by atoms with Crippen molar-refractivity contribution in [3.05, 3.63) is 0 Å². The predicted octanol–water partition coefficient (Wildman–Crippen LogP) is -13.6. The average Bonchev–Trinajstić information content (AvgIpc) is 1.12. The van der Waals surface area contributed by atoms with Gasteiger partial charge in [0.1, 0.15) is 0 Å². The second-order valence-corrected chi connectivity index (χ2v) is 3.79. The molecule has 0 saturated carbocycles. The first-order valence-corrected chi connectivity index (χ1v) is 5.10. The van der Waals surface area contributed by atoms with Crippen molar-refractivity contribution in [2.45, 2.75) is 0 Å². The van der Waals surface area contributed by atoms with E-state index in [4.69, 9.17) is 30.8 Å². The van der Waals surface area contributed by atoms with E-state index < -0.39 is 19.5 Å². The minimum Gasteiger partial charge on any atom is -1.00 e. The van der Waals surface area contributed by atoms with Gasteiger partial charge in [0, 0.05) is 0 Å². The van der Waals surface area contributed by atoms with E-state index in [9.17, 15) is 0 Å². The second kappa shape index (κ2) is 16.4. The van der Waals surface area contributed by atoms with Crippen LogP contribution in [0.2, 0.25) is 0 Å². The molecule has 7 nitrogen and oxygen atoms in total. The fraction of sp³-hybridized carbons (Fsp3) is 0. The molecule has 0 heterocycles. The predicted molar refractivity (Wildman–Crippen MR) is 31.2 cm³/mol. The van der Waals surface area contributed by atoms with Crippen LogP contribution in [0.1, 0.15) is 0 Å². The Morgan fingerprint density at radius 3 is 0.929 bits per heavy atom. The molecule has 0 atom stereocenters. The monoisotopic (exact) mass is 314 g/mol. The zero-order valence-electron chi connectivity index (χ0n) is 7.54. The molecule has 0 spiro atoms. The Morgan fingerprint density at radius 1 is 0.929 bits per heavy atom. The summed E-state index contributed by atoms with van der Waals surface area (Å²) in [7, 11) is -9.00. The smallest absolute Gasteiger partial charge is 1.00 e. The van der Waals surface area contributed by atoms with Crippen molar-refractivity contribution in [2.75, 3.05) is 0 Å². The van der Waals surface area contributed by atoms with E-state index in [0.717, 1.165) is 0 Å². The Balaban J connectivity index is -0.0000000178. The Labute approximate surface area is 159 Å². The molecule has 14 heteroatoms. The summed E-state index contributed by atoms with van der Waals surface area (Å²) < 4.78 is 58.3. The fourth-order valence-corrected chi connectivity index (χ4v) is 0. The molecule has 0 aromatic carbocycles. The molecule has 0 aliphatic carbocycles. The van der Waals surface area contributed by atoms with Crippen LogP contribution in [-0.4, -0.2) is 30.8 Å². The van der Waals surface area contributed by atoms with E-state index in [-0.39, 0.29) is 101 Å². The molecule has 0 radical (unpaired) electrons. The summed E-state index contributed by atoms with van der Waals surface area (Å²) in [6, 6.07) is 0. The Bertz CT molecular complexity index is 221. The maximum absolute atomic E-state index is 8.89. The molecule has 14 heavy (non-hydrogen) atoms. The molecule has 2 N–H and O–H groups in total. The summed E-state index contributed by atoms with van der Waals surface area (Å²) in [5.74, 6) is 0. The van der Waals surface area contributed by atoms with Crippen LogP contribution in [0.5, 0.6) is 0 Å². The molecule has 0 aromatic heterocycles. The number of rotatable bonds is 0. The van der Waals surface area contributed by atoms with Gasteiger partial charge in [0.25, 0.3) is 0 Å². The van der Waals surface area contributed by atoms with Gasteiger partial charge in [-0.1, -0.05) is 0 Å². The van der Waals surface area contributed by atoms with E-state index >= 15 is 0 Å². The van der Waals surface area contributed by atoms with Crippen LogP contribution in [0, 0.1) is 0 Å². The van der Waals surface area contributed by atoms with Crippen molar-refractivity contribution >= 4 is 30.6 Å². The third-order valence-electron chi connectivity index (χ3n) is 0. The maximum atomic E-state index is 8.89. The molecule has 0 unspecified atom stereocenters. The maximum Gasteiger partial charge on any atom is 1.00 e. The van der Waals surface area contributed by atoms with E-state index in [0.29, 0.717) is 0 Å². The van der Waals surface area contributed by atoms with E-state index in [1.54, 1.807) is 0 Å². The SMILES string of the molecule is O=S(=O)(O)O.O=S([O-])([O-])=S.[Cl-].[Na+].[Na+].[Na+]. The van der Waals surface area contributed by atoms with Gasteiger partial charge in [-0.2, -0.15) is 8.42 Å². The first-order chi connectivity index (χ1) is 4.00. The van der Waals surface area contributed by atoms with Crippen LogP contribution >= 0.6 is 0 Å². The van der Waals surface area contributed by atoms with Gasteiger partial charge in [-0.15, -0.1) is 9.05 Å². The van der Waals surface area contributed by atoms with Crippen LogP contribution in [0.25, 0.3) is 0 Å². The zero-order valence-corrected chi connectivity index (χ0v) is 16.7. The first-order valence-electron chi connectivity index (χ1n) is 1.37. The molecule has 0 bridgehead atoms. The Morgan fingerprint density at radius 2 is 0.929 bits per heavy atom. The standard InChI is InChI=1S/ClH.3Na.H2O4S.H2O3S2/c;;;;2*1-5(2,3)4/h1H;;;;2*(H2,1,2,3,4)/q;3*+1;;/p-3.